The Morgan fingerprint density at radius 2 is 1.67 bits per heavy atom. The molecule has 3 rings (SSSR count). The molecule has 2 heterocycles. The zero-order valence-electron chi connectivity index (χ0n) is 15.0. The molecule has 1 saturated heterocycles. The number of rotatable bonds is 2. The first-order valence-corrected chi connectivity index (χ1v) is 8.12. The molecule has 1 aromatic carbocycles. The molecule has 0 radical (unpaired) electrons. The summed E-state index contributed by atoms with van der Waals surface area (Å²) < 4.78 is 11.5. The van der Waals surface area contributed by atoms with Crippen molar-refractivity contribution in [3.05, 3.63) is 40.8 Å². The Bertz CT molecular complexity index is 764. The quantitative estimate of drug-likeness (QED) is 0.759. The van der Waals surface area contributed by atoms with Gasteiger partial charge in [0.05, 0.1) is 0 Å². The number of piperidine rings is 1. The Labute approximate surface area is 149 Å². The molecule has 1 aliphatic heterocycles. The first-order valence-electron chi connectivity index (χ1n) is 8.12. The van der Waals surface area contributed by atoms with E-state index in [9.17, 15) is 4.79 Å². The molecule has 0 saturated carbocycles. The molecule has 1 aliphatic rings. The molecule has 0 spiro atoms. The normalized spacial score (nSPS) is 20.5. The van der Waals surface area contributed by atoms with Crippen molar-refractivity contribution in [3.8, 4) is 5.75 Å². The van der Waals surface area contributed by atoms with Crippen molar-refractivity contribution in [2.75, 3.05) is 7.05 Å². The van der Waals surface area contributed by atoms with Gasteiger partial charge in [-0.1, -0.05) is 0 Å². The van der Waals surface area contributed by atoms with Gasteiger partial charge in [0.2, 0.25) is 0 Å². The van der Waals surface area contributed by atoms with Crippen LogP contribution < -0.4 is 10.4 Å². The van der Waals surface area contributed by atoms with Gasteiger partial charge in [-0.3, -0.25) is 4.90 Å². The first-order chi connectivity index (χ1) is 10.7. The van der Waals surface area contributed by atoms with Gasteiger partial charge in [0.15, 0.2) is 0 Å². The SMILES string of the molecule is CN1C(C)(C)CC(Oc2ccc3ccc(=O)oc3c2)CC1(C)C.Cl. The highest BCUT2D eigenvalue weighted by molar-refractivity contribution is 5.85. The van der Waals surface area contributed by atoms with E-state index in [1.807, 2.05) is 18.2 Å². The van der Waals surface area contributed by atoms with Crippen molar-refractivity contribution in [1.82, 2.24) is 4.90 Å². The molecule has 132 valence electrons. The fraction of sp³-hybridized carbons (Fsp3) is 0.526. The number of halogens is 1. The lowest BCUT2D eigenvalue weighted by Gasteiger charge is -2.53. The van der Waals surface area contributed by atoms with Gasteiger partial charge in [0.1, 0.15) is 17.4 Å². The fourth-order valence-electron chi connectivity index (χ4n) is 3.67. The highest BCUT2D eigenvalue weighted by Crippen LogP contribution is 2.38. The molecule has 0 aliphatic carbocycles. The lowest BCUT2D eigenvalue weighted by atomic mass is 9.79. The largest absolute Gasteiger partial charge is 0.490 e. The van der Waals surface area contributed by atoms with Crippen molar-refractivity contribution in [3.63, 3.8) is 0 Å². The van der Waals surface area contributed by atoms with Crippen LogP contribution in [-0.2, 0) is 0 Å². The predicted octanol–water partition coefficient (Wildman–Crippen LogP) is 4.25. The number of nitrogens with zero attached hydrogens (tertiary/aromatic N) is 1. The van der Waals surface area contributed by atoms with E-state index in [2.05, 4.69) is 39.6 Å². The number of fused-ring (bicyclic) bond motifs is 1. The number of ether oxygens (including phenoxy) is 1. The van der Waals surface area contributed by atoms with Crippen LogP contribution in [-0.4, -0.2) is 29.1 Å². The summed E-state index contributed by atoms with van der Waals surface area (Å²) in [5.74, 6) is 0.757. The molecule has 2 aromatic rings. The number of benzene rings is 1. The molecule has 5 heteroatoms. The van der Waals surface area contributed by atoms with Crippen LogP contribution in [0.25, 0.3) is 11.0 Å². The third-order valence-electron chi connectivity index (χ3n) is 5.17. The summed E-state index contributed by atoms with van der Waals surface area (Å²) in [5, 5.41) is 0.904. The maximum atomic E-state index is 11.4. The molecular formula is C19H26ClNO3. The van der Waals surface area contributed by atoms with E-state index in [1.165, 1.54) is 6.07 Å². The van der Waals surface area contributed by atoms with Gasteiger partial charge in [-0.2, -0.15) is 0 Å². The summed E-state index contributed by atoms with van der Waals surface area (Å²) in [6.45, 7) is 9.01. The molecule has 0 atom stereocenters. The van der Waals surface area contributed by atoms with Gasteiger partial charge in [0.25, 0.3) is 0 Å². The van der Waals surface area contributed by atoms with E-state index in [-0.39, 0.29) is 35.2 Å². The molecule has 0 N–H and O–H groups in total. The summed E-state index contributed by atoms with van der Waals surface area (Å²) in [6, 6.07) is 8.89. The van der Waals surface area contributed by atoms with Gasteiger partial charge in [0, 0.05) is 41.4 Å². The third-order valence-corrected chi connectivity index (χ3v) is 5.17. The minimum absolute atomic E-state index is 0. The summed E-state index contributed by atoms with van der Waals surface area (Å²) in [4.78, 5) is 13.8. The number of hydrogen-bond acceptors (Lipinski definition) is 4. The minimum atomic E-state index is -0.337. The van der Waals surface area contributed by atoms with Crippen LogP contribution in [0.5, 0.6) is 5.75 Å². The molecule has 1 aromatic heterocycles. The molecule has 0 amide bonds. The smallest absolute Gasteiger partial charge is 0.336 e. The summed E-state index contributed by atoms with van der Waals surface area (Å²) in [7, 11) is 2.18. The van der Waals surface area contributed by atoms with Gasteiger partial charge in [-0.15, -0.1) is 12.4 Å². The fourth-order valence-corrected chi connectivity index (χ4v) is 3.67. The minimum Gasteiger partial charge on any atom is -0.490 e. The van der Waals surface area contributed by atoms with E-state index < -0.39 is 0 Å². The van der Waals surface area contributed by atoms with Crippen LogP contribution in [0.4, 0.5) is 0 Å². The average molecular weight is 352 g/mol. The number of hydrogen-bond donors (Lipinski definition) is 0. The Hall–Kier alpha value is -1.52. The zero-order chi connectivity index (χ0) is 16.8. The average Bonchev–Trinajstić information content (AvgIpc) is 2.43. The topological polar surface area (TPSA) is 42.7 Å². The molecule has 0 bridgehead atoms. The van der Waals surface area contributed by atoms with Crippen molar-refractivity contribution in [2.45, 2.75) is 57.7 Å². The van der Waals surface area contributed by atoms with Crippen molar-refractivity contribution < 1.29 is 9.15 Å². The lowest BCUT2D eigenvalue weighted by Crippen LogP contribution is -2.60. The maximum Gasteiger partial charge on any atom is 0.336 e. The molecule has 1 fully saturated rings. The van der Waals surface area contributed by atoms with Crippen molar-refractivity contribution in [2.24, 2.45) is 0 Å². The van der Waals surface area contributed by atoms with Crippen LogP contribution in [0, 0.1) is 0 Å². The highest BCUT2D eigenvalue weighted by Gasteiger charge is 2.43. The maximum absolute atomic E-state index is 11.4. The highest BCUT2D eigenvalue weighted by atomic mass is 35.5. The van der Waals surface area contributed by atoms with E-state index >= 15 is 0 Å². The van der Waals surface area contributed by atoms with Crippen LogP contribution in [0.3, 0.4) is 0 Å². The summed E-state index contributed by atoms with van der Waals surface area (Å²) >= 11 is 0. The van der Waals surface area contributed by atoms with Gasteiger partial charge < -0.3 is 9.15 Å². The zero-order valence-corrected chi connectivity index (χ0v) is 15.8. The van der Waals surface area contributed by atoms with E-state index in [4.69, 9.17) is 9.15 Å². The van der Waals surface area contributed by atoms with Crippen LogP contribution in [0.15, 0.2) is 39.5 Å². The van der Waals surface area contributed by atoms with Crippen LogP contribution in [0.2, 0.25) is 0 Å². The standard InChI is InChI=1S/C19H25NO3.ClH/c1-18(2)11-15(12-19(3,4)20(18)5)22-14-8-6-13-7-9-17(21)23-16(13)10-14;/h6-10,15H,11-12H2,1-5H3;1H. The summed E-state index contributed by atoms with van der Waals surface area (Å²) in [6.07, 6.45) is 2.07. The van der Waals surface area contributed by atoms with E-state index in [0.29, 0.717) is 5.58 Å². The second kappa shape index (κ2) is 6.41. The van der Waals surface area contributed by atoms with Gasteiger partial charge in [-0.05, 0) is 52.9 Å². The lowest BCUT2D eigenvalue weighted by molar-refractivity contribution is -0.0556. The molecular weight excluding hydrogens is 326 g/mol. The Morgan fingerprint density at radius 1 is 1.08 bits per heavy atom. The van der Waals surface area contributed by atoms with E-state index in [1.54, 1.807) is 6.07 Å². The predicted molar refractivity (Wildman–Crippen MR) is 99.3 cm³/mol. The summed E-state index contributed by atoms with van der Waals surface area (Å²) in [5.41, 5.74) is 0.392. The monoisotopic (exact) mass is 351 g/mol. The molecule has 24 heavy (non-hydrogen) atoms. The molecule has 0 unspecified atom stereocenters. The second-order valence-electron chi connectivity index (χ2n) is 7.79. The number of likely N-dealkylation sites (tertiary alicyclic amines) is 1. The van der Waals surface area contributed by atoms with Crippen molar-refractivity contribution in [1.29, 1.82) is 0 Å². The van der Waals surface area contributed by atoms with Gasteiger partial charge >= 0.3 is 5.63 Å². The van der Waals surface area contributed by atoms with Crippen LogP contribution in [0.1, 0.15) is 40.5 Å². The molecule has 4 nitrogen and oxygen atoms in total. The Kier molecular flexibility index (Phi) is 5.03. The van der Waals surface area contributed by atoms with Gasteiger partial charge in [-0.25, -0.2) is 4.79 Å². The second-order valence-corrected chi connectivity index (χ2v) is 7.79. The Balaban J connectivity index is 0.00000208. The van der Waals surface area contributed by atoms with Crippen molar-refractivity contribution >= 4 is 23.4 Å². The third kappa shape index (κ3) is 3.60. The Morgan fingerprint density at radius 3 is 2.29 bits per heavy atom. The van der Waals surface area contributed by atoms with Crippen LogP contribution >= 0.6 is 12.4 Å². The van der Waals surface area contributed by atoms with E-state index in [0.717, 1.165) is 24.0 Å². The first kappa shape index (κ1) is 18.8.